The van der Waals surface area contributed by atoms with Gasteiger partial charge < -0.3 is 18.9 Å². The molecule has 0 atom stereocenters. The summed E-state index contributed by atoms with van der Waals surface area (Å²) in [5.74, 6) is 1.54. The van der Waals surface area contributed by atoms with Crippen molar-refractivity contribution < 1.29 is 23.7 Å². The van der Waals surface area contributed by atoms with Crippen molar-refractivity contribution in [3.8, 4) is 17.2 Å². The van der Waals surface area contributed by atoms with Crippen molar-refractivity contribution in [2.45, 2.75) is 27.2 Å². The first-order valence-corrected chi connectivity index (χ1v) is 10.0. The molecule has 2 aromatic carbocycles. The standard InChI is InChI=1S/C23H24ClNO5/c1-5-18-15(3)22(30-23(26)28-11-10-27-4)16-13-21(14(2)12-19(16)25-18)29-20-9-7-6-8-17(20)24/h6-9,12-13H,5,10-11H2,1-4H3. The maximum atomic E-state index is 12.2. The highest BCUT2D eigenvalue weighted by Crippen LogP contribution is 2.38. The number of ether oxygens (including phenoxy) is 4. The number of aromatic nitrogens is 1. The van der Waals surface area contributed by atoms with Gasteiger partial charge in [0, 0.05) is 23.8 Å². The summed E-state index contributed by atoms with van der Waals surface area (Å²) >= 11 is 6.24. The molecule has 1 heterocycles. The Balaban J connectivity index is 2.05. The van der Waals surface area contributed by atoms with Gasteiger partial charge in [-0.25, -0.2) is 4.79 Å². The molecule has 0 spiro atoms. The number of para-hydroxylation sites is 1. The highest BCUT2D eigenvalue weighted by Gasteiger charge is 2.19. The molecular formula is C23H24ClNO5. The maximum absolute atomic E-state index is 12.2. The summed E-state index contributed by atoms with van der Waals surface area (Å²) in [6.07, 6.45) is -0.0906. The number of carbonyl (C=O) groups excluding carboxylic acids is 1. The zero-order chi connectivity index (χ0) is 21.7. The molecule has 0 amide bonds. The van der Waals surface area contributed by atoms with Crippen molar-refractivity contribution in [1.82, 2.24) is 4.98 Å². The van der Waals surface area contributed by atoms with Gasteiger partial charge in [0.15, 0.2) is 0 Å². The van der Waals surface area contributed by atoms with Gasteiger partial charge in [-0.2, -0.15) is 0 Å². The number of carbonyl (C=O) groups is 1. The summed E-state index contributed by atoms with van der Waals surface area (Å²) < 4.78 is 21.6. The summed E-state index contributed by atoms with van der Waals surface area (Å²) in [5, 5.41) is 1.16. The molecule has 3 aromatic rings. The highest BCUT2D eigenvalue weighted by molar-refractivity contribution is 6.32. The van der Waals surface area contributed by atoms with E-state index in [0.29, 0.717) is 46.2 Å². The van der Waals surface area contributed by atoms with Gasteiger partial charge in [-0.3, -0.25) is 4.98 Å². The smallest absolute Gasteiger partial charge is 0.456 e. The van der Waals surface area contributed by atoms with Crippen molar-refractivity contribution in [3.63, 3.8) is 0 Å². The van der Waals surface area contributed by atoms with E-state index in [4.69, 9.17) is 35.5 Å². The number of pyridine rings is 1. The molecular weight excluding hydrogens is 406 g/mol. The predicted octanol–water partition coefficient (Wildman–Crippen LogP) is 6.02. The fraction of sp³-hybridized carbons (Fsp3) is 0.304. The van der Waals surface area contributed by atoms with Crippen LogP contribution in [0.2, 0.25) is 5.02 Å². The zero-order valence-electron chi connectivity index (χ0n) is 17.5. The van der Waals surface area contributed by atoms with E-state index in [-0.39, 0.29) is 6.61 Å². The molecule has 0 aliphatic heterocycles. The van der Waals surface area contributed by atoms with Crippen molar-refractivity contribution in [2.24, 2.45) is 0 Å². The number of aryl methyl sites for hydroxylation is 2. The quantitative estimate of drug-likeness (QED) is 0.338. The molecule has 0 unspecified atom stereocenters. The van der Waals surface area contributed by atoms with Crippen LogP contribution < -0.4 is 9.47 Å². The van der Waals surface area contributed by atoms with Crippen LogP contribution in [0.1, 0.15) is 23.7 Å². The Kier molecular flexibility index (Phi) is 7.13. The van der Waals surface area contributed by atoms with Crippen LogP contribution in [0, 0.1) is 13.8 Å². The summed E-state index contributed by atoms with van der Waals surface area (Å²) in [7, 11) is 1.53. The van der Waals surface area contributed by atoms with Gasteiger partial charge in [-0.15, -0.1) is 0 Å². The Morgan fingerprint density at radius 2 is 1.87 bits per heavy atom. The maximum Gasteiger partial charge on any atom is 0.513 e. The lowest BCUT2D eigenvalue weighted by atomic mass is 10.0. The molecule has 3 rings (SSSR count). The van der Waals surface area contributed by atoms with E-state index >= 15 is 0 Å². The molecule has 6 nitrogen and oxygen atoms in total. The number of nitrogens with zero attached hydrogens (tertiary/aromatic N) is 1. The summed E-state index contributed by atoms with van der Waals surface area (Å²) in [5.41, 5.74) is 3.22. The van der Waals surface area contributed by atoms with Crippen LogP contribution in [-0.2, 0) is 15.9 Å². The first kappa shape index (κ1) is 21.9. The Morgan fingerprint density at radius 3 is 2.57 bits per heavy atom. The number of hydrogen-bond donors (Lipinski definition) is 0. The van der Waals surface area contributed by atoms with Gasteiger partial charge in [0.1, 0.15) is 23.9 Å². The van der Waals surface area contributed by atoms with Crippen LogP contribution in [0.4, 0.5) is 4.79 Å². The Labute approximate surface area is 180 Å². The SMILES string of the molecule is CCc1nc2cc(C)c(Oc3ccccc3Cl)cc2c(OC(=O)OCCOC)c1C. The van der Waals surface area contributed by atoms with E-state index in [2.05, 4.69) is 0 Å². The van der Waals surface area contributed by atoms with Crippen molar-refractivity contribution in [3.05, 3.63) is 58.2 Å². The average molecular weight is 430 g/mol. The molecule has 0 bridgehead atoms. The number of fused-ring (bicyclic) bond motifs is 1. The Bertz CT molecular complexity index is 1070. The van der Waals surface area contributed by atoms with Crippen molar-refractivity contribution in [2.75, 3.05) is 20.3 Å². The topological polar surface area (TPSA) is 66.9 Å². The van der Waals surface area contributed by atoms with Crippen LogP contribution in [0.3, 0.4) is 0 Å². The third-order valence-corrected chi connectivity index (χ3v) is 4.96. The monoisotopic (exact) mass is 429 g/mol. The predicted molar refractivity (Wildman–Crippen MR) is 116 cm³/mol. The second kappa shape index (κ2) is 9.78. The minimum Gasteiger partial charge on any atom is -0.456 e. The fourth-order valence-electron chi connectivity index (χ4n) is 3.06. The van der Waals surface area contributed by atoms with Crippen LogP contribution in [-0.4, -0.2) is 31.5 Å². The first-order chi connectivity index (χ1) is 14.4. The molecule has 1 aromatic heterocycles. The number of halogens is 1. The van der Waals surface area contributed by atoms with Gasteiger partial charge in [-0.05, 0) is 50.1 Å². The van der Waals surface area contributed by atoms with E-state index in [1.165, 1.54) is 7.11 Å². The molecule has 7 heteroatoms. The largest absolute Gasteiger partial charge is 0.513 e. The second-order valence-electron chi connectivity index (χ2n) is 6.73. The van der Waals surface area contributed by atoms with Crippen LogP contribution in [0.15, 0.2) is 36.4 Å². The molecule has 0 aliphatic carbocycles. The van der Waals surface area contributed by atoms with Crippen molar-refractivity contribution >= 4 is 28.7 Å². The molecule has 158 valence electrons. The van der Waals surface area contributed by atoms with Crippen LogP contribution in [0.5, 0.6) is 17.2 Å². The Hall–Kier alpha value is -2.83. The number of methoxy groups -OCH3 is 1. The summed E-state index contributed by atoms with van der Waals surface area (Å²) in [4.78, 5) is 16.9. The minimum absolute atomic E-state index is 0.109. The van der Waals surface area contributed by atoms with Crippen molar-refractivity contribution in [1.29, 1.82) is 0 Å². The molecule has 0 saturated heterocycles. The van der Waals surface area contributed by atoms with Gasteiger partial charge in [0.2, 0.25) is 0 Å². The van der Waals surface area contributed by atoms with E-state index in [9.17, 15) is 4.79 Å². The lowest BCUT2D eigenvalue weighted by Crippen LogP contribution is -2.15. The molecule has 0 fully saturated rings. The number of benzene rings is 2. The fourth-order valence-corrected chi connectivity index (χ4v) is 3.24. The number of rotatable bonds is 7. The Morgan fingerprint density at radius 1 is 1.10 bits per heavy atom. The van der Waals surface area contributed by atoms with Gasteiger partial charge in [0.05, 0.1) is 17.1 Å². The van der Waals surface area contributed by atoms with E-state index in [0.717, 1.165) is 16.8 Å². The molecule has 0 aliphatic rings. The third-order valence-electron chi connectivity index (χ3n) is 4.65. The van der Waals surface area contributed by atoms with E-state index in [1.54, 1.807) is 12.1 Å². The first-order valence-electron chi connectivity index (χ1n) is 9.64. The number of hydrogen-bond acceptors (Lipinski definition) is 6. The van der Waals surface area contributed by atoms with E-state index in [1.807, 2.05) is 45.0 Å². The lowest BCUT2D eigenvalue weighted by molar-refractivity contribution is 0.0687. The lowest BCUT2D eigenvalue weighted by Gasteiger charge is -2.16. The third kappa shape index (κ3) is 4.83. The van der Waals surface area contributed by atoms with E-state index < -0.39 is 6.16 Å². The summed E-state index contributed by atoms with van der Waals surface area (Å²) in [6, 6.07) is 11.0. The van der Waals surface area contributed by atoms with Crippen LogP contribution >= 0.6 is 11.6 Å². The highest BCUT2D eigenvalue weighted by atomic mass is 35.5. The minimum atomic E-state index is -0.793. The molecule has 30 heavy (non-hydrogen) atoms. The van der Waals surface area contributed by atoms with Gasteiger partial charge in [-0.1, -0.05) is 30.7 Å². The average Bonchev–Trinajstić information content (AvgIpc) is 2.72. The second-order valence-corrected chi connectivity index (χ2v) is 7.13. The molecule has 0 radical (unpaired) electrons. The normalized spacial score (nSPS) is 10.8. The van der Waals surface area contributed by atoms with Gasteiger partial charge in [0.25, 0.3) is 0 Å². The van der Waals surface area contributed by atoms with Crippen LogP contribution in [0.25, 0.3) is 10.9 Å². The zero-order valence-corrected chi connectivity index (χ0v) is 18.2. The van der Waals surface area contributed by atoms with Gasteiger partial charge >= 0.3 is 6.16 Å². The molecule has 0 N–H and O–H groups in total. The summed E-state index contributed by atoms with van der Waals surface area (Å²) in [6.45, 7) is 6.21. The molecule has 0 saturated carbocycles.